The van der Waals surface area contributed by atoms with E-state index in [9.17, 15) is 4.79 Å². The lowest BCUT2D eigenvalue weighted by atomic mass is 10.1. The normalized spacial score (nSPS) is 10.7. The van der Waals surface area contributed by atoms with Gasteiger partial charge in [-0.1, -0.05) is 29.5 Å². The monoisotopic (exact) mass is 405 g/mol. The van der Waals surface area contributed by atoms with Gasteiger partial charge in [0, 0.05) is 11.8 Å². The van der Waals surface area contributed by atoms with Gasteiger partial charge >= 0.3 is 0 Å². The van der Waals surface area contributed by atoms with E-state index in [1.807, 2.05) is 42.5 Å². The van der Waals surface area contributed by atoms with Crippen LogP contribution in [0.1, 0.15) is 16.1 Å². The van der Waals surface area contributed by atoms with Crippen LogP contribution in [0.25, 0.3) is 10.2 Å². The number of benzene rings is 2. The Morgan fingerprint density at radius 1 is 1.00 bits per heavy atom. The molecule has 2 heterocycles. The molecule has 0 aliphatic rings. The van der Waals surface area contributed by atoms with Crippen molar-refractivity contribution < 1.29 is 14.3 Å². The number of amides is 1. The van der Waals surface area contributed by atoms with Crippen molar-refractivity contribution in [3.63, 3.8) is 0 Å². The Morgan fingerprint density at radius 2 is 1.79 bits per heavy atom. The smallest absolute Gasteiger partial charge is 0.260 e. The van der Waals surface area contributed by atoms with Crippen LogP contribution in [0.2, 0.25) is 0 Å². The Hall–Kier alpha value is -3.45. The second-order valence-corrected chi connectivity index (χ2v) is 7.26. The quantitative estimate of drug-likeness (QED) is 0.471. The molecule has 0 radical (unpaired) electrons. The molecule has 0 aliphatic carbocycles. The number of fused-ring (bicyclic) bond motifs is 1. The van der Waals surface area contributed by atoms with Crippen LogP contribution >= 0.6 is 11.3 Å². The first kappa shape index (κ1) is 18.9. The lowest BCUT2D eigenvalue weighted by Gasteiger charge is -2.20. The minimum atomic E-state index is -0.185. The lowest BCUT2D eigenvalue weighted by molar-refractivity contribution is 0.0984. The lowest BCUT2D eigenvalue weighted by Crippen LogP contribution is -2.30. The summed E-state index contributed by atoms with van der Waals surface area (Å²) in [6.07, 6.45) is 1.72. The van der Waals surface area contributed by atoms with Crippen LogP contribution in [0.4, 0.5) is 5.13 Å². The zero-order chi connectivity index (χ0) is 20.2. The van der Waals surface area contributed by atoms with E-state index in [1.165, 1.54) is 11.3 Å². The van der Waals surface area contributed by atoms with Crippen molar-refractivity contribution in [2.75, 3.05) is 19.1 Å². The highest BCUT2D eigenvalue weighted by atomic mass is 32.1. The Morgan fingerprint density at radius 3 is 2.52 bits per heavy atom. The molecule has 4 rings (SSSR count). The number of nitrogens with zero attached hydrogens (tertiary/aromatic N) is 3. The molecule has 0 atom stereocenters. The first-order valence-corrected chi connectivity index (χ1v) is 9.80. The fourth-order valence-corrected chi connectivity index (χ4v) is 3.94. The van der Waals surface area contributed by atoms with Crippen molar-refractivity contribution in [3.05, 3.63) is 78.1 Å². The van der Waals surface area contributed by atoms with Crippen molar-refractivity contribution in [2.24, 2.45) is 0 Å². The molecule has 2 aromatic heterocycles. The van der Waals surface area contributed by atoms with Crippen LogP contribution in [0.5, 0.6) is 11.5 Å². The van der Waals surface area contributed by atoms with Crippen LogP contribution in [-0.2, 0) is 6.54 Å². The van der Waals surface area contributed by atoms with E-state index in [0.29, 0.717) is 28.7 Å². The number of methoxy groups -OCH3 is 2. The van der Waals surface area contributed by atoms with Gasteiger partial charge in [0.15, 0.2) is 16.6 Å². The van der Waals surface area contributed by atoms with Gasteiger partial charge in [-0.2, -0.15) is 0 Å². The molecule has 4 aromatic rings. The minimum Gasteiger partial charge on any atom is -0.493 e. The molecule has 0 fully saturated rings. The number of para-hydroxylation sites is 1. The van der Waals surface area contributed by atoms with E-state index >= 15 is 0 Å². The maximum Gasteiger partial charge on any atom is 0.260 e. The average Bonchev–Trinajstić information content (AvgIpc) is 3.21. The number of ether oxygens (including phenoxy) is 2. The standard InChI is InChI=1S/C22H19N3O3S/c1-27-18-11-10-15(13-19(18)28-2)21(26)25(14-16-7-5-6-12-23-16)22-24-17-8-3-4-9-20(17)29-22/h3-13H,14H2,1-2H3. The molecule has 6 nitrogen and oxygen atoms in total. The second kappa shape index (κ2) is 8.28. The second-order valence-electron chi connectivity index (χ2n) is 6.25. The van der Waals surface area contributed by atoms with Crippen LogP contribution in [-0.4, -0.2) is 30.1 Å². The zero-order valence-corrected chi connectivity index (χ0v) is 16.8. The van der Waals surface area contributed by atoms with Gasteiger partial charge in [0.25, 0.3) is 5.91 Å². The summed E-state index contributed by atoms with van der Waals surface area (Å²) in [5, 5.41) is 0.622. The number of hydrogen-bond donors (Lipinski definition) is 0. The van der Waals surface area contributed by atoms with Crippen molar-refractivity contribution in [1.82, 2.24) is 9.97 Å². The van der Waals surface area contributed by atoms with Gasteiger partial charge in [0.2, 0.25) is 0 Å². The molecule has 0 N–H and O–H groups in total. The molecule has 0 aliphatic heterocycles. The Kier molecular flexibility index (Phi) is 5.39. The van der Waals surface area contributed by atoms with Gasteiger partial charge in [-0.15, -0.1) is 0 Å². The highest BCUT2D eigenvalue weighted by molar-refractivity contribution is 7.22. The van der Waals surface area contributed by atoms with Crippen LogP contribution in [0.15, 0.2) is 66.9 Å². The number of pyridine rings is 1. The first-order valence-electron chi connectivity index (χ1n) is 8.99. The fraction of sp³-hybridized carbons (Fsp3) is 0.136. The molecule has 1 amide bonds. The average molecular weight is 405 g/mol. The molecule has 2 aromatic carbocycles. The number of rotatable bonds is 6. The van der Waals surface area contributed by atoms with Crippen LogP contribution in [0.3, 0.4) is 0 Å². The Balaban J connectivity index is 1.76. The van der Waals surface area contributed by atoms with Crippen molar-refractivity contribution in [1.29, 1.82) is 0 Å². The highest BCUT2D eigenvalue weighted by Gasteiger charge is 2.23. The van der Waals surface area contributed by atoms with Gasteiger partial charge in [-0.25, -0.2) is 4.98 Å². The summed E-state index contributed by atoms with van der Waals surface area (Å²) in [6.45, 7) is 0.313. The molecule has 0 bridgehead atoms. The number of aromatic nitrogens is 2. The van der Waals surface area contributed by atoms with Gasteiger partial charge in [-0.3, -0.25) is 14.7 Å². The third-order valence-corrected chi connectivity index (χ3v) is 5.49. The zero-order valence-electron chi connectivity index (χ0n) is 16.0. The van der Waals surface area contributed by atoms with E-state index in [0.717, 1.165) is 15.9 Å². The van der Waals surface area contributed by atoms with Crippen LogP contribution in [0, 0.1) is 0 Å². The van der Waals surface area contributed by atoms with Gasteiger partial charge in [0.05, 0.1) is 36.7 Å². The van der Waals surface area contributed by atoms with E-state index in [4.69, 9.17) is 9.47 Å². The highest BCUT2D eigenvalue weighted by Crippen LogP contribution is 2.32. The number of carbonyl (C=O) groups is 1. The molecule has 0 spiro atoms. The SMILES string of the molecule is COc1ccc(C(=O)N(Cc2ccccn2)c2nc3ccccc3s2)cc1OC. The van der Waals surface area contributed by atoms with Gasteiger partial charge < -0.3 is 9.47 Å². The summed E-state index contributed by atoms with van der Waals surface area (Å²) >= 11 is 1.48. The van der Waals surface area contributed by atoms with Gasteiger partial charge in [0.1, 0.15) is 0 Å². The molecule has 146 valence electrons. The number of thiazole rings is 1. The van der Waals surface area contributed by atoms with Crippen LogP contribution < -0.4 is 14.4 Å². The maximum atomic E-state index is 13.5. The first-order chi connectivity index (χ1) is 14.2. The van der Waals surface area contributed by atoms with Crippen molar-refractivity contribution in [2.45, 2.75) is 6.54 Å². The Bertz CT molecular complexity index is 1110. The molecular weight excluding hydrogens is 386 g/mol. The molecular formula is C22H19N3O3S. The number of carbonyl (C=O) groups excluding carboxylic acids is 1. The fourth-order valence-electron chi connectivity index (χ4n) is 2.98. The third-order valence-electron chi connectivity index (χ3n) is 4.44. The van der Waals surface area contributed by atoms with E-state index in [1.54, 1.807) is 43.5 Å². The topological polar surface area (TPSA) is 64.5 Å². The summed E-state index contributed by atoms with van der Waals surface area (Å²) in [5.41, 5.74) is 2.12. The minimum absolute atomic E-state index is 0.185. The molecule has 0 saturated heterocycles. The van der Waals surface area contributed by atoms with Crippen molar-refractivity contribution >= 4 is 32.6 Å². The molecule has 29 heavy (non-hydrogen) atoms. The summed E-state index contributed by atoms with van der Waals surface area (Å²) in [5.74, 6) is 0.886. The predicted octanol–water partition coefficient (Wildman–Crippen LogP) is 4.56. The summed E-state index contributed by atoms with van der Waals surface area (Å²) < 4.78 is 11.7. The summed E-state index contributed by atoms with van der Waals surface area (Å²) in [7, 11) is 3.11. The third kappa shape index (κ3) is 3.90. The number of anilines is 1. The molecule has 0 unspecified atom stereocenters. The molecule has 0 saturated carbocycles. The van der Waals surface area contributed by atoms with E-state index in [2.05, 4.69) is 9.97 Å². The van der Waals surface area contributed by atoms with Gasteiger partial charge in [-0.05, 0) is 42.5 Å². The van der Waals surface area contributed by atoms with E-state index < -0.39 is 0 Å². The summed E-state index contributed by atoms with van der Waals surface area (Å²) in [6, 6.07) is 18.6. The van der Waals surface area contributed by atoms with E-state index in [-0.39, 0.29) is 5.91 Å². The number of hydrogen-bond acceptors (Lipinski definition) is 6. The molecule has 7 heteroatoms. The largest absolute Gasteiger partial charge is 0.493 e. The summed E-state index contributed by atoms with van der Waals surface area (Å²) in [4.78, 5) is 24.2. The van der Waals surface area contributed by atoms with Crippen molar-refractivity contribution in [3.8, 4) is 11.5 Å². The predicted molar refractivity (Wildman–Crippen MR) is 114 cm³/mol. The maximum absolute atomic E-state index is 13.5. The Labute approximate surface area is 172 Å².